The van der Waals surface area contributed by atoms with Crippen molar-refractivity contribution in [2.75, 3.05) is 26.8 Å². The van der Waals surface area contributed by atoms with Crippen LogP contribution in [-0.4, -0.2) is 55.3 Å². The Morgan fingerprint density at radius 2 is 1.71 bits per heavy atom. The minimum Gasteiger partial charge on any atom is -0.469 e. The van der Waals surface area contributed by atoms with Crippen LogP contribution >= 0.6 is 0 Å². The van der Waals surface area contributed by atoms with Crippen molar-refractivity contribution in [1.82, 2.24) is 4.90 Å². The molecule has 0 aromatic rings. The van der Waals surface area contributed by atoms with E-state index in [9.17, 15) is 19.2 Å². The number of amides is 1. The summed E-state index contributed by atoms with van der Waals surface area (Å²) in [6, 6.07) is 0. The summed E-state index contributed by atoms with van der Waals surface area (Å²) in [6.07, 6.45) is 1.14. The summed E-state index contributed by atoms with van der Waals surface area (Å²) < 4.78 is 9.66. The maximum absolute atomic E-state index is 12.3. The molecule has 0 spiro atoms. The Labute approximate surface area is 142 Å². The molecule has 1 saturated heterocycles. The lowest BCUT2D eigenvalue weighted by Crippen LogP contribution is -2.48. The average Bonchev–Trinajstić information content (AvgIpc) is 2.53. The van der Waals surface area contributed by atoms with Crippen molar-refractivity contribution in [3.63, 3.8) is 0 Å². The number of Topliss-reactive ketones (excluding diaryl/α,β-unsaturated/α-hetero) is 1. The van der Waals surface area contributed by atoms with Gasteiger partial charge in [0.15, 0.2) is 0 Å². The Balaban J connectivity index is 2.63. The third-order valence-corrected chi connectivity index (χ3v) is 4.23. The number of ether oxygens (including phenoxy) is 2. The molecule has 0 aromatic heterocycles. The minimum absolute atomic E-state index is 0.0778. The Morgan fingerprint density at radius 3 is 2.17 bits per heavy atom. The summed E-state index contributed by atoms with van der Waals surface area (Å²) in [7, 11) is 1.30. The first-order chi connectivity index (χ1) is 11.2. The zero-order chi connectivity index (χ0) is 18.3. The van der Waals surface area contributed by atoms with E-state index in [-0.39, 0.29) is 31.1 Å². The number of esters is 2. The second-order valence-electron chi connectivity index (χ2n) is 6.14. The molecule has 134 valence electrons. The maximum Gasteiger partial charge on any atom is 0.312 e. The van der Waals surface area contributed by atoms with Gasteiger partial charge >= 0.3 is 11.9 Å². The van der Waals surface area contributed by atoms with Crippen LogP contribution in [0, 0.1) is 5.41 Å². The van der Waals surface area contributed by atoms with Crippen molar-refractivity contribution in [2.45, 2.75) is 39.5 Å². The van der Waals surface area contributed by atoms with Crippen LogP contribution in [0.25, 0.3) is 0 Å². The number of ketones is 1. The normalized spacial score (nSPS) is 16.2. The van der Waals surface area contributed by atoms with E-state index in [0.717, 1.165) is 0 Å². The molecule has 1 aliphatic rings. The summed E-state index contributed by atoms with van der Waals surface area (Å²) in [4.78, 5) is 48.3. The van der Waals surface area contributed by atoms with Crippen molar-refractivity contribution < 1.29 is 28.7 Å². The number of hydrogen-bond acceptors (Lipinski definition) is 6. The first-order valence-corrected chi connectivity index (χ1v) is 7.90. The highest BCUT2D eigenvalue weighted by Gasteiger charge is 2.44. The topological polar surface area (TPSA) is 90.0 Å². The standard InChI is InChI=1S/C17H25NO6/c1-12(5-10-24-14(3)20)15(21)18-8-6-17(7-9-18,11-13(2)19)16(22)23-4/h1,5-11H2,2-4H3. The number of likely N-dealkylation sites (tertiary alicyclic amines) is 1. The lowest BCUT2D eigenvalue weighted by atomic mass is 9.74. The van der Waals surface area contributed by atoms with Crippen LogP contribution in [0.3, 0.4) is 0 Å². The average molecular weight is 339 g/mol. The molecule has 24 heavy (non-hydrogen) atoms. The van der Waals surface area contributed by atoms with Crippen molar-refractivity contribution in [3.8, 4) is 0 Å². The fraction of sp³-hybridized carbons (Fsp3) is 0.647. The first kappa shape index (κ1) is 19.9. The maximum atomic E-state index is 12.3. The molecule has 0 radical (unpaired) electrons. The quantitative estimate of drug-likeness (QED) is 0.512. The second-order valence-corrected chi connectivity index (χ2v) is 6.14. The zero-order valence-electron chi connectivity index (χ0n) is 14.6. The van der Waals surface area contributed by atoms with Gasteiger partial charge in [0.2, 0.25) is 5.91 Å². The molecule has 0 atom stereocenters. The minimum atomic E-state index is -0.851. The van der Waals surface area contributed by atoms with Gasteiger partial charge in [-0.05, 0) is 19.8 Å². The van der Waals surface area contributed by atoms with Gasteiger partial charge in [0.05, 0.1) is 19.1 Å². The predicted molar refractivity (Wildman–Crippen MR) is 86.0 cm³/mol. The van der Waals surface area contributed by atoms with Crippen LogP contribution in [0.5, 0.6) is 0 Å². The Kier molecular flexibility index (Phi) is 7.13. The Hall–Kier alpha value is -2.18. The fourth-order valence-electron chi connectivity index (χ4n) is 2.93. The number of carbonyl (C=O) groups excluding carboxylic acids is 4. The van der Waals surface area contributed by atoms with E-state index in [4.69, 9.17) is 9.47 Å². The van der Waals surface area contributed by atoms with E-state index < -0.39 is 17.4 Å². The molecular weight excluding hydrogens is 314 g/mol. The monoisotopic (exact) mass is 339 g/mol. The molecule has 1 fully saturated rings. The van der Waals surface area contributed by atoms with Gasteiger partial charge in [-0.2, -0.15) is 0 Å². The molecule has 0 saturated carbocycles. The molecule has 1 aliphatic heterocycles. The second kappa shape index (κ2) is 8.61. The molecule has 0 bridgehead atoms. The van der Waals surface area contributed by atoms with Crippen LogP contribution in [0.15, 0.2) is 12.2 Å². The third-order valence-electron chi connectivity index (χ3n) is 4.23. The number of nitrogens with zero attached hydrogens (tertiary/aromatic N) is 1. The molecular formula is C17H25NO6. The number of rotatable bonds is 7. The summed E-state index contributed by atoms with van der Waals surface area (Å²) in [5, 5.41) is 0. The van der Waals surface area contributed by atoms with Gasteiger partial charge in [0.1, 0.15) is 5.78 Å². The van der Waals surface area contributed by atoms with Gasteiger partial charge in [-0.15, -0.1) is 0 Å². The van der Waals surface area contributed by atoms with Gasteiger partial charge in [0, 0.05) is 38.4 Å². The summed E-state index contributed by atoms with van der Waals surface area (Å²) in [5.74, 6) is -1.10. The van der Waals surface area contributed by atoms with Crippen molar-refractivity contribution >= 4 is 23.6 Å². The number of methoxy groups -OCH3 is 1. The highest BCUT2D eigenvalue weighted by atomic mass is 16.5. The molecule has 1 heterocycles. The van der Waals surface area contributed by atoms with Crippen LogP contribution in [0.2, 0.25) is 0 Å². The summed E-state index contributed by atoms with van der Waals surface area (Å²) >= 11 is 0. The first-order valence-electron chi connectivity index (χ1n) is 7.90. The predicted octanol–water partition coefficient (Wildman–Crippen LogP) is 1.26. The zero-order valence-corrected chi connectivity index (χ0v) is 14.6. The molecule has 0 unspecified atom stereocenters. The van der Waals surface area contributed by atoms with E-state index in [1.807, 2.05) is 0 Å². The molecule has 1 rings (SSSR count). The van der Waals surface area contributed by atoms with Gasteiger partial charge in [0.25, 0.3) is 0 Å². The lowest BCUT2D eigenvalue weighted by molar-refractivity contribution is -0.159. The van der Waals surface area contributed by atoms with E-state index >= 15 is 0 Å². The van der Waals surface area contributed by atoms with E-state index in [1.165, 1.54) is 21.0 Å². The van der Waals surface area contributed by atoms with Crippen LogP contribution in [0.4, 0.5) is 0 Å². The Morgan fingerprint density at radius 1 is 1.12 bits per heavy atom. The summed E-state index contributed by atoms with van der Waals surface area (Å²) in [6.45, 7) is 7.31. The molecule has 0 aliphatic carbocycles. The molecule has 0 aromatic carbocycles. The number of piperidine rings is 1. The lowest BCUT2D eigenvalue weighted by Gasteiger charge is -2.39. The van der Waals surface area contributed by atoms with Gasteiger partial charge in [-0.3, -0.25) is 19.2 Å². The third kappa shape index (κ3) is 5.18. The van der Waals surface area contributed by atoms with Crippen LogP contribution in [0.1, 0.15) is 39.5 Å². The van der Waals surface area contributed by atoms with Gasteiger partial charge in [-0.25, -0.2) is 0 Å². The van der Waals surface area contributed by atoms with E-state index in [2.05, 4.69) is 6.58 Å². The fourth-order valence-corrected chi connectivity index (χ4v) is 2.93. The van der Waals surface area contributed by atoms with Crippen molar-refractivity contribution in [1.29, 1.82) is 0 Å². The largest absolute Gasteiger partial charge is 0.469 e. The highest BCUT2D eigenvalue weighted by molar-refractivity contribution is 5.93. The summed E-state index contributed by atoms with van der Waals surface area (Å²) in [5.41, 5.74) is -0.496. The van der Waals surface area contributed by atoms with Crippen molar-refractivity contribution in [3.05, 3.63) is 12.2 Å². The molecule has 7 nitrogen and oxygen atoms in total. The Bertz CT molecular complexity index is 531. The molecule has 0 N–H and O–H groups in total. The van der Waals surface area contributed by atoms with E-state index in [1.54, 1.807) is 4.90 Å². The SMILES string of the molecule is C=C(CCOC(C)=O)C(=O)N1CCC(CC(C)=O)(C(=O)OC)CC1. The molecule has 1 amide bonds. The van der Waals surface area contributed by atoms with Crippen LogP contribution in [-0.2, 0) is 28.7 Å². The molecule has 7 heteroatoms. The smallest absolute Gasteiger partial charge is 0.312 e. The van der Waals surface area contributed by atoms with Crippen molar-refractivity contribution in [2.24, 2.45) is 5.41 Å². The number of carbonyl (C=O) groups is 4. The highest BCUT2D eigenvalue weighted by Crippen LogP contribution is 2.37. The number of hydrogen-bond donors (Lipinski definition) is 0. The van der Waals surface area contributed by atoms with E-state index in [0.29, 0.717) is 31.5 Å². The van der Waals surface area contributed by atoms with Gasteiger partial charge < -0.3 is 14.4 Å². The van der Waals surface area contributed by atoms with Gasteiger partial charge in [-0.1, -0.05) is 6.58 Å². The van der Waals surface area contributed by atoms with Crippen LogP contribution < -0.4 is 0 Å².